The van der Waals surface area contributed by atoms with Crippen LogP contribution in [-0.2, 0) is 12.4 Å². The maximum absolute atomic E-state index is 13.3. The van der Waals surface area contributed by atoms with E-state index in [9.17, 15) is 9.50 Å². The molecule has 0 aromatic heterocycles. The van der Waals surface area contributed by atoms with Crippen LogP contribution in [0.2, 0.25) is 0 Å². The monoisotopic (exact) mass is 408 g/mol. The average molecular weight is 409 g/mol. The molecule has 0 fully saturated rings. The van der Waals surface area contributed by atoms with Crippen molar-refractivity contribution >= 4 is 11.8 Å². The van der Waals surface area contributed by atoms with Crippen LogP contribution in [0.1, 0.15) is 61.8 Å². The molecule has 1 N–H and O–H groups in total. The SMILES string of the molecule is CC(C)c1cc(C(C)C)c(CSc2ccc(F)cc2)c(-c2ccccc2)c1CO. The zero-order chi connectivity index (χ0) is 21.0. The van der Waals surface area contributed by atoms with E-state index in [1.165, 1.54) is 28.8 Å². The second-order valence-corrected chi connectivity index (χ2v) is 9.01. The quantitative estimate of drug-likeness (QED) is 0.408. The molecular formula is C26H29FOS. The van der Waals surface area contributed by atoms with E-state index in [2.05, 4.69) is 45.9 Å². The number of aliphatic hydroxyl groups is 1. The highest BCUT2D eigenvalue weighted by molar-refractivity contribution is 7.98. The minimum atomic E-state index is -0.217. The van der Waals surface area contributed by atoms with Crippen LogP contribution < -0.4 is 0 Å². The Bertz CT molecular complexity index is 947. The molecule has 0 heterocycles. The van der Waals surface area contributed by atoms with Crippen LogP contribution in [0, 0.1) is 5.82 Å². The normalized spacial score (nSPS) is 11.4. The lowest BCUT2D eigenvalue weighted by atomic mass is 9.82. The summed E-state index contributed by atoms with van der Waals surface area (Å²) in [7, 11) is 0. The first-order chi connectivity index (χ1) is 13.9. The van der Waals surface area contributed by atoms with Gasteiger partial charge in [-0.15, -0.1) is 11.8 Å². The highest BCUT2D eigenvalue weighted by Gasteiger charge is 2.21. The van der Waals surface area contributed by atoms with Crippen molar-refractivity contribution in [2.75, 3.05) is 0 Å². The van der Waals surface area contributed by atoms with Crippen molar-refractivity contribution in [3.63, 3.8) is 0 Å². The maximum Gasteiger partial charge on any atom is 0.123 e. The van der Waals surface area contributed by atoms with Crippen molar-refractivity contribution in [1.82, 2.24) is 0 Å². The van der Waals surface area contributed by atoms with Crippen LogP contribution >= 0.6 is 11.8 Å². The standard InChI is InChI=1S/C26H29FOS/c1-17(2)22-14-23(18(3)4)25(16-29-21-12-10-20(27)11-13-21)26(24(22)15-28)19-8-6-5-7-9-19/h5-14,17-18,28H,15-16H2,1-4H3. The van der Waals surface area contributed by atoms with Gasteiger partial charge in [0.1, 0.15) is 5.82 Å². The van der Waals surface area contributed by atoms with E-state index in [1.807, 2.05) is 30.3 Å². The molecule has 3 heteroatoms. The summed E-state index contributed by atoms with van der Waals surface area (Å²) in [6, 6.07) is 19.3. The molecule has 0 bridgehead atoms. The fourth-order valence-corrected chi connectivity index (χ4v) is 4.76. The lowest BCUT2D eigenvalue weighted by Gasteiger charge is -2.25. The van der Waals surface area contributed by atoms with Gasteiger partial charge in [-0.2, -0.15) is 0 Å². The Balaban J connectivity index is 2.19. The minimum Gasteiger partial charge on any atom is -0.392 e. The molecule has 3 aromatic rings. The third kappa shape index (κ3) is 4.91. The summed E-state index contributed by atoms with van der Waals surface area (Å²) in [4.78, 5) is 1.04. The molecule has 0 radical (unpaired) electrons. The van der Waals surface area contributed by atoms with E-state index in [0.29, 0.717) is 11.8 Å². The molecule has 1 nitrogen and oxygen atoms in total. The van der Waals surface area contributed by atoms with Crippen molar-refractivity contribution in [3.8, 4) is 11.1 Å². The molecule has 0 saturated heterocycles. The smallest absolute Gasteiger partial charge is 0.123 e. The predicted molar refractivity (Wildman–Crippen MR) is 122 cm³/mol. The minimum absolute atomic E-state index is 0.0182. The topological polar surface area (TPSA) is 20.2 Å². The third-order valence-electron chi connectivity index (χ3n) is 5.27. The lowest BCUT2D eigenvalue weighted by Crippen LogP contribution is -2.08. The van der Waals surface area contributed by atoms with Crippen LogP contribution in [0.4, 0.5) is 4.39 Å². The number of halogens is 1. The van der Waals surface area contributed by atoms with Gasteiger partial charge in [-0.3, -0.25) is 0 Å². The molecule has 29 heavy (non-hydrogen) atoms. The lowest BCUT2D eigenvalue weighted by molar-refractivity contribution is 0.280. The van der Waals surface area contributed by atoms with Crippen molar-refractivity contribution in [2.24, 2.45) is 0 Å². The van der Waals surface area contributed by atoms with Crippen molar-refractivity contribution in [3.05, 3.63) is 88.7 Å². The number of hydrogen-bond acceptors (Lipinski definition) is 2. The molecule has 152 valence electrons. The Kier molecular flexibility index (Phi) is 7.15. The first-order valence-corrected chi connectivity index (χ1v) is 11.1. The van der Waals surface area contributed by atoms with Gasteiger partial charge >= 0.3 is 0 Å². The zero-order valence-electron chi connectivity index (χ0n) is 17.6. The van der Waals surface area contributed by atoms with Gasteiger partial charge in [-0.1, -0.05) is 64.1 Å². The van der Waals surface area contributed by atoms with E-state index in [1.54, 1.807) is 11.8 Å². The fourth-order valence-electron chi connectivity index (χ4n) is 3.81. The summed E-state index contributed by atoms with van der Waals surface area (Å²) in [5.41, 5.74) is 7.09. The first-order valence-electron chi connectivity index (χ1n) is 10.2. The Morgan fingerprint density at radius 2 is 1.41 bits per heavy atom. The van der Waals surface area contributed by atoms with Gasteiger partial charge in [0, 0.05) is 10.6 Å². The summed E-state index contributed by atoms with van der Waals surface area (Å²) in [6.07, 6.45) is 0. The fraction of sp³-hybridized carbons (Fsp3) is 0.308. The summed E-state index contributed by atoms with van der Waals surface area (Å²) in [6.45, 7) is 8.82. The molecule has 0 aliphatic rings. The van der Waals surface area contributed by atoms with Gasteiger partial charge in [0.25, 0.3) is 0 Å². The van der Waals surface area contributed by atoms with Gasteiger partial charge in [0.15, 0.2) is 0 Å². The molecular weight excluding hydrogens is 379 g/mol. The number of thioether (sulfide) groups is 1. The average Bonchev–Trinajstić information content (AvgIpc) is 2.72. The molecule has 0 spiro atoms. The van der Waals surface area contributed by atoms with E-state index in [-0.39, 0.29) is 12.4 Å². The molecule has 0 aliphatic carbocycles. The van der Waals surface area contributed by atoms with Gasteiger partial charge in [0.2, 0.25) is 0 Å². The second kappa shape index (κ2) is 9.60. The van der Waals surface area contributed by atoms with Crippen LogP contribution in [0.3, 0.4) is 0 Å². The Hall–Kier alpha value is -2.10. The molecule has 3 rings (SSSR count). The number of rotatable bonds is 7. The van der Waals surface area contributed by atoms with E-state index < -0.39 is 0 Å². The highest BCUT2D eigenvalue weighted by atomic mass is 32.2. The Morgan fingerprint density at radius 3 is 1.97 bits per heavy atom. The van der Waals surface area contributed by atoms with Crippen molar-refractivity contribution < 1.29 is 9.50 Å². The predicted octanol–water partition coefficient (Wildman–Crippen LogP) is 7.52. The molecule has 0 amide bonds. The van der Waals surface area contributed by atoms with Gasteiger partial charge in [-0.25, -0.2) is 4.39 Å². The van der Waals surface area contributed by atoms with Gasteiger partial charge in [0.05, 0.1) is 6.61 Å². The highest BCUT2D eigenvalue weighted by Crippen LogP contribution is 2.41. The van der Waals surface area contributed by atoms with Crippen molar-refractivity contribution in [2.45, 2.75) is 56.8 Å². The van der Waals surface area contributed by atoms with Gasteiger partial charge in [-0.05, 0) is 69.5 Å². The Labute approximate surface area is 178 Å². The van der Waals surface area contributed by atoms with Gasteiger partial charge < -0.3 is 5.11 Å². The zero-order valence-corrected chi connectivity index (χ0v) is 18.4. The number of hydrogen-bond donors (Lipinski definition) is 1. The van der Waals surface area contributed by atoms with Crippen molar-refractivity contribution in [1.29, 1.82) is 0 Å². The number of benzene rings is 3. The van der Waals surface area contributed by atoms with Crippen LogP contribution in [0.15, 0.2) is 65.6 Å². The third-order valence-corrected chi connectivity index (χ3v) is 6.31. The molecule has 0 saturated carbocycles. The largest absolute Gasteiger partial charge is 0.392 e. The molecule has 0 unspecified atom stereocenters. The first kappa shape index (κ1) is 21.6. The van der Waals surface area contributed by atoms with Crippen LogP contribution in [0.5, 0.6) is 0 Å². The van der Waals surface area contributed by atoms with Crippen LogP contribution in [-0.4, -0.2) is 5.11 Å². The van der Waals surface area contributed by atoms with E-state index >= 15 is 0 Å². The molecule has 0 atom stereocenters. The maximum atomic E-state index is 13.3. The van der Waals surface area contributed by atoms with E-state index in [4.69, 9.17) is 0 Å². The summed E-state index contributed by atoms with van der Waals surface area (Å²) in [5, 5.41) is 10.3. The summed E-state index contributed by atoms with van der Waals surface area (Å²) in [5.74, 6) is 1.25. The summed E-state index contributed by atoms with van der Waals surface area (Å²) >= 11 is 1.71. The van der Waals surface area contributed by atoms with E-state index in [0.717, 1.165) is 27.3 Å². The molecule has 3 aromatic carbocycles. The second-order valence-electron chi connectivity index (χ2n) is 7.96. The molecule has 0 aliphatic heterocycles. The van der Waals surface area contributed by atoms with Crippen LogP contribution in [0.25, 0.3) is 11.1 Å². The number of aliphatic hydroxyl groups excluding tert-OH is 1. The Morgan fingerprint density at radius 1 is 0.828 bits per heavy atom. The summed E-state index contributed by atoms with van der Waals surface area (Å²) < 4.78 is 13.3.